The number of ether oxygens (including phenoxy) is 2. The zero-order valence-electron chi connectivity index (χ0n) is 12.6. The van der Waals surface area contributed by atoms with Gasteiger partial charge in [-0.1, -0.05) is 0 Å². The summed E-state index contributed by atoms with van der Waals surface area (Å²) in [4.78, 5) is 12.0. The number of rotatable bonds is 7. The molecule has 22 heavy (non-hydrogen) atoms. The first kappa shape index (κ1) is 15.2. The molecule has 3 saturated carbocycles. The van der Waals surface area contributed by atoms with Crippen LogP contribution in [0.3, 0.4) is 0 Å². The molecule has 0 amide bonds. The minimum atomic E-state index is -0.345. The molecule has 3 aliphatic carbocycles. The Bertz CT molecular complexity index is 592. The van der Waals surface area contributed by atoms with Gasteiger partial charge in [-0.2, -0.15) is 0 Å². The standard InChI is InChI=1S/C15H20IN2O3P/c1-2-20-13(19)10-9-18(22-16)17-12(10)21-8-3-11-14(4-5-14)15(11)6-7-15/h9,11,22H,2-8H2,1H3. The molecule has 3 aliphatic rings. The number of nitrogens with zero attached hydrogens (tertiary/aromatic N) is 2. The van der Waals surface area contributed by atoms with E-state index in [0.29, 0.717) is 41.9 Å². The number of hydrogen-bond donors (Lipinski definition) is 0. The molecule has 1 aromatic rings. The Kier molecular flexibility index (Phi) is 3.68. The number of halogens is 1. The van der Waals surface area contributed by atoms with E-state index >= 15 is 0 Å². The highest BCUT2D eigenvalue weighted by atomic mass is 127. The van der Waals surface area contributed by atoms with Gasteiger partial charge in [0.15, 0.2) is 0 Å². The maximum Gasteiger partial charge on any atom is 0.345 e. The number of aromatic nitrogens is 2. The third-order valence-electron chi connectivity index (χ3n) is 5.73. The summed E-state index contributed by atoms with van der Waals surface area (Å²) in [5.74, 6) is 0.944. The van der Waals surface area contributed by atoms with Gasteiger partial charge in [0.05, 0.1) is 19.6 Å². The van der Waals surface area contributed by atoms with E-state index in [0.717, 1.165) is 12.3 Å². The zero-order valence-corrected chi connectivity index (χ0v) is 15.8. The molecule has 5 nitrogen and oxygen atoms in total. The van der Waals surface area contributed by atoms with Crippen LogP contribution in [-0.4, -0.2) is 28.7 Å². The average molecular weight is 434 g/mol. The van der Waals surface area contributed by atoms with Gasteiger partial charge >= 0.3 is 5.97 Å². The Labute approximate surface area is 144 Å². The smallest absolute Gasteiger partial charge is 0.345 e. The molecular weight excluding hydrogens is 414 g/mol. The molecule has 0 radical (unpaired) electrons. The Morgan fingerprint density at radius 1 is 1.45 bits per heavy atom. The molecule has 0 bridgehead atoms. The first-order chi connectivity index (χ1) is 10.7. The third-order valence-corrected chi connectivity index (χ3v) is 7.61. The molecule has 2 spiro atoms. The summed E-state index contributed by atoms with van der Waals surface area (Å²) in [6.07, 6.45) is 8.97. The molecule has 4 rings (SSSR count). The van der Waals surface area contributed by atoms with Crippen molar-refractivity contribution in [3.8, 4) is 5.88 Å². The van der Waals surface area contributed by atoms with E-state index in [1.807, 2.05) is 0 Å². The summed E-state index contributed by atoms with van der Waals surface area (Å²) < 4.78 is 12.7. The van der Waals surface area contributed by atoms with Crippen LogP contribution in [0.1, 0.15) is 49.4 Å². The summed E-state index contributed by atoms with van der Waals surface area (Å²) in [7, 11) is 0. The molecule has 7 heteroatoms. The molecule has 1 atom stereocenters. The summed E-state index contributed by atoms with van der Waals surface area (Å²) in [5.41, 5.74) is 1.87. The topological polar surface area (TPSA) is 53.4 Å². The average Bonchev–Trinajstić information content (AvgIpc) is 3.44. The first-order valence-corrected chi connectivity index (χ1v) is 12.0. The quantitative estimate of drug-likeness (QED) is 0.372. The summed E-state index contributed by atoms with van der Waals surface area (Å²) in [6.45, 7) is 2.82. The van der Waals surface area contributed by atoms with Crippen molar-refractivity contribution in [2.75, 3.05) is 13.2 Å². The number of fused-ring (bicyclic) bond motifs is 1. The second-order valence-electron chi connectivity index (χ2n) is 6.60. The fraction of sp³-hybridized carbons (Fsp3) is 0.733. The van der Waals surface area contributed by atoms with E-state index in [1.165, 1.54) is 25.7 Å². The van der Waals surface area contributed by atoms with E-state index in [2.05, 4.69) is 27.1 Å². The van der Waals surface area contributed by atoms with Crippen LogP contribution in [-0.2, 0) is 4.74 Å². The minimum absolute atomic E-state index is 0.345. The van der Waals surface area contributed by atoms with Crippen LogP contribution in [0.4, 0.5) is 0 Å². The van der Waals surface area contributed by atoms with Crippen LogP contribution >= 0.6 is 28.4 Å². The van der Waals surface area contributed by atoms with Gasteiger partial charge in [-0.3, -0.25) is 0 Å². The molecule has 0 N–H and O–H groups in total. The van der Waals surface area contributed by atoms with Crippen molar-refractivity contribution in [1.29, 1.82) is 0 Å². The number of hydrogen-bond acceptors (Lipinski definition) is 4. The van der Waals surface area contributed by atoms with Gasteiger partial charge in [-0.15, -0.1) is 5.10 Å². The molecule has 0 saturated heterocycles. The predicted octanol–water partition coefficient (Wildman–Crippen LogP) is 3.81. The number of carbonyl (C=O) groups is 1. The van der Waals surface area contributed by atoms with Gasteiger partial charge in [0.2, 0.25) is 5.88 Å². The van der Waals surface area contributed by atoms with Crippen molar-refractivity contribution in [2.45, 2.75) is 39.0 Å². The van der Waals surface area contributed by atoms with Crippen LogP contribution in [0.25, 0.3) is 0 Å². The van der Waals surface area contributed by atoms with Crippen LogP contribution in [0.2, 0.25) is 0 Å². The number of carbonyl (C=O) groups excluding carboxylic acids is 1. The van der Waals surface area contributed by atoms with Crippen LogP contribution in [0, 0.1) is 16.7 Å². The molecule has 1 heterocycles. The minimum Gasteiger partial charge on any atom is -0.476 e. The highest BCUT2D eigenvalue weighted by Gasteiger charge is 2.85. The third kappa shape index (κ3) is 2.20. The van der Waals surface area contributed by atoms with E-state index < -0.39 is 0 Å². The summed E-state index contributed by atoms with van der Waals surface area (Å²) in [6, 6.07) is 0. The van der Waals surface area contributed by atoms with Gasteiger partial charge in [-0.25, -0.2) is 9.25 Å². The van der Waals surface area contributed by atoms with E-state index in [9.17, 15) is 4.79 Å². The lowest BCUT2D eigenvalue weighted by molar-refractivity contribution is 0.0521. The van der Waals surface area contributed by atoms with Crippen LogP contribution < -0.4 is 4.74 Å². The van der Waals surface area contributed by atoms with Crippen LogP contribution in [0.15, 0.2) is 6.20 Å². The molecule has 3 fully saturated rings. The second kappa shape index (κ2) is 5.33. The molecule has 0 aromatic carbocycles. The summed E-state index contributed by atoms with van der Waals surface area (Å²) >= 11 is 2.23. The van der Waals surface area contributed by atoms with E-state index in [-0.39, 0.29) is 5.97 Å². The maximum atomic E-state index is 12.0. The molecule has 1 aromatic heterocycles. The normalized spacial score (nSPS) is 23.4. The molecule has 0 aliphatic heterocycles. The van der Waals surface area contributed by atoms with Crippen LogP contribution in [0.5, 0.6) is 5.88 Å². The SMILES string of the molecule is CCOC(=O)c1cn(PI)nc1OCCC1C2(CC2)C12CC2. The van der Waals surface area contributed by atoms with Crippen molar-refractivity contribution in [3.05, 3.63) is 11.8 Å². The second-order valence-corrected chi connectivity index (χ2v) is 8.67. The van der Waals surface area contributed by atoms with Gasteiger partial charge in [0.25, 0.3) is 0 Å². The monoisotopic (exact) mass is 434 g/mol. The predicted molar refractivity (Wildman–Crippen MR) is 92.9 cm³/mol. The fourth-order valence-electron chi connectivity index (χ4n) is 4.49. The lowest BCUT2D eigenvalue weighted by atomic mass is 10.2. The molecular formula is C15H20IN2O3P. The lowest BCUT2D eigenvalue weighted by Gasteiger charge is -2.05. The van der Waals surface area contributed by atoms with Crippen molar-refractivity contribution < 1.29 is 14.3 Å². The van der Waals surface area contributed by atoms with Gasteiger partial charge < -0.3 is 9.47 Å². The van der Waals surface area contributed by atoms with E-state index in [1.54, 1.807) is 17.6 Å². The lowest BCUT2D eigenvalue weighted by Crippen LogP contribution is -2.08. The largest absolute Gasteiger partial charge is 0.476 e. The Hall–Kier alpha value is -0.360. The van der Waals surface area contributed by atoms with Gasteiger partial charge in [-0.05, 0) is 77.8 Å². The van der Waals surface area contributed by atoms with Crippen molar-refractivity contribution in [3.63, 3.8) is 0 Å². The Morgan fingerprint density at radius 2 is 2.14 bits per heavy atom. The molecule has 120 valence electrons. The van der Waals surface area contributed by atoms with Crippen molar-refractivity contribution in [1.82, 2.24) is 9.55 Å². The summed E-state index contributed by atoms with van der Waals surface area (Å²) in [5, 5.41) is 4.35. The van der Waals surface area contributed by atoms with Crippen molar-refractivity contribution >= 4 is 34.4 Å². The Morgan fingerprint density at radius 3 is 2.68 bits per heavy atom. The highest BCUT2D eigenvalue weighted by molar-refractivity contribution is 14.2. The van der Waals surface area contributed by atoms with Crippen molar-refractivity contribution in [2.24, 2.45) is 16.7 Å². The highest BCUT2D eigenvalue weighted by Crippen LogP contribution is 2.93. The van der Waals surface area contributed by atoms with Gasteiger partial charge in [0, 0.05) is 6.20 Å². The molecule has 1 unspecified atom stereocenters. The fourth-order valence-corrected chi connectivity index (χ4v) is 5.53. The zero-order chi connectivity index (χ0) is 15.4. The van der Waals surface area contributed by atoms with E-state index in [4.69, 9.17) is 9.47 Å². The first-order valence-electron chi connectivity index (χ1n) is 7.93. The maximum absolute atomic E-state index is 12.0. The Balaban J connectivity index is 1.37. The van der Waals surface area contributed by atoms with Gasteiger partial charge in [0.1, 0.15) is 5.56 Å². The number of esters is 1.